The van der Waals surface area contributed by atoms with E-state index < -0.39 is 0 Å². The van der Waals surface area contributed by atoms with E-state index >= 15 is 0 Å². The first kappa shape index (κ1) is 26.0. The smallest absolute Gasteiger partial charge is 0.302 e. The fourth-order valence-electron chi connectivity index (χ4n) is 9.29. The van der Waals surface area contributed by atoms with Crippen LogP contribution in [0.1, 0.15) is 112 Å². The van der Waals surface area contributed by atoms with Crippen LogP contribution in [0.25, 0.3) is 0 Å². The van der Waals surface area contributed by atoms with Crippen LogP contribution in [-0.4, -0.2) is 22.5 Å². The highest BCUT2D eigenvalue weighted by Crippen LogP contribution is 2.68. The fraction of sp³-hybridized carbons (Fsp3) is 0.897. The summed E-state index contributed by atoms with van der Waals surface area (Å²) < 4.78 is 5.55. The monoisotopic (exact) mass is 474 g/mol. The number of esters is 1. The lowest BCUT2D eigenvalue weighted by molar-refractivity contribution is -0.149. The lowest BCUT2D eigenvalue weighted by atomic mass is 9.46. The Balaban J connectivity index is 1.57. The zero-order chi connectivity index (χ0) is 24.8. The maximum atomic E-state index is 12.4. The van der Waals surface area contributed by atoms with Gasteiger partial charge in [-0.1, -0.05) is 53.9 Å². The van der Waals surface area contributed by atoms with E-state index in [-0.39, 0.29) is 22.7 Å². The van der Waals surface area contributed by atoms with E-state index in [2.05, 4.69) is 34.6 Å². The van der Waals surface area contributed by atoms with Gasteiger partial charge in [-0.3, -0.25) is 10.0 Å². The maximum absolute atomic E-state index is 12.4. The Kier molecular flexibility index (Phi) is 7.47. The van der Waals surface area contributed by atoms with Gasteiger partial charge in [0.1, 0.15) is 6.10 Å². The number of hydroxylamine groups is 2. The zero-order valence-corrected chi connectivity index (χ0v) is 22.4. The van der Waals surface area contributed by atoms with Crippen LogP contribution in [0.2, 0.25) is 0 Å². The van der Waals surface area contributed by atoms with E-state index in [4.69, 9.17) is 4.74 Å². The van der Waals surface area contributed by atoms with E-state index in [0.717, 1.165) is 36.2 Å². The van der Waals surface area contributed by atoms with Crippen molar-refractivity contribution in [2.24, 2.45) is 46.3 Å². The molecule has 0 radical (unpaired) electrons. The summed E-state index contributed by atoms with van der Waals surface area (Å²) in [4.78, 5) is 11.6. The molecule has 0 unspecified atom stereocenters. The number of hydrogen-bond donors (Lipinski definition) is 1. The van der Waals surface area contributed by atoms with Crippen LogP contribution in [0.15, 0.2) is 11.3 Å². The van der Waals surface area contributed by atoms with Crippen LogP contribution >= 0.6 is 0 Å². The van der Waals surface area contributed by atoms with Crippen molar-refractivity contribution in [2.75, 3.05) is 0 Å². The molecule has 0 heterocycles. The van der Waals surface area contributed by atoms with Crippen molar-refractivity contribution in [3.8, 4) is 0 Å². The van der Waals surface area contributed by atoms with Crippen molar-refractivity contribution in [1.29, 1.82) is 0 Å². The molecule has 5 nitrogen and oxygen atoms in total. The number of ether oxygens (including phenoxy) is 1. The molecular weight excluding hydrogens is 426 g/mol. The van der Waals surface area contributed by atoms with Crippen molar-refractivity contribution in [3.05, 3.63) is 16.5 Å². The van der Waals surface area contributed by atoms with Crippen molar-refractivity contribution in [1.82, 2.24) is 5.23 Å². The molecule has 5 heteroatoms. The standard InChI is InChI=1S/C29H48NO4/c1-18(2)8-7-9-19(3)23-10-11-24-22-17-27(30(32)33)26-16-21(34-20(4)31)12-14-29(26,6)25(22)13-15-28(23,24)5/h18-19,21-25,32H,7-17H2,1-6H3/q-1/t19-,21-,22+,23+,24-,25+,28+,29+/m0/s1. The third kappa shape index (κ3) is 4.56. The fourth-order valence-corrected chi connectivity index (χ4v) is 9.29. The summed E-state index contributed by atoms with van der Waals surface area (Å²) >= 11 is 0. The van der Waals surface area contributed by atoms with E-state index in [1.54, 1.807) is 0 Å². The van der Waals surface area contributed by atoms with Gasteiger partial charge in [0, 0.05) is 19.0 Å². The average molecular weight is 475 g/mol. The molecule has 0 aromatic heterocycles. The summed E-state index contributed by atoms with van der Waals surface area (Å²) in [5, 5.41) is 22.8. The number of nitrogens with zero attached hydrogens (tertiary/aromatic N) is 1. The van der Waals surface area contributed by atoms with Gasteiger partial charge in [-0.25, -0.2) is 0 Å². The number of hydrogen-bond acceptors (Lipinski definition) is 5. The predicted molar refractivity (Wildman–Crippen MR) is 135 cm³/mol. The Bertz CT molecular complexity index is 791. The topological polar surface area (TPSA) is 72.8 Å². The maximum Gasteiger partial charge on any atom is 0.302 e. The van der Waals surface area contributed by atoms with Crippen LogP contribution in [0.5, 0.6) is 0 Å². The van der Waals surface area contributed by atoms with Crippen molar-refractivity contribution < 1.29 is 14.7 Å². The highest BCUT2D eigenvalue weighted by molar-refractivity contribution is 5.66. The molecule has 0 aromatic carbocycles. The van der Waals surface area contributed by atoms with Crippen molar-refractivity contribution in [3.63, 3.8) is 0 Å². The predicted octanol–water partition coefficient (Wildman–Crippen LogP) is 7.48. The first-order valence-corrected chi connectivity index (χ1v) is 14.0. The molecule has 3 saturated carbocycles. The molecule has 0 aliphatic heterocycles. The molecule has 4 aliphatic carbocycles. The second kappa shape index (κ2) is 9.76. The van der Waals surface area contributed by atoms with Crippen molar-refractivity contribution in [2.45, 2.75) is 118 Å². The van der Waals surface area contributed by atoms with E-state index in [1.807, 2.05) is 0 Å². The lowest BCUT2D eigenvalue weighted by Gasteiger charge is -2.60. The first-order valence-electron chi connectivity index (χ1n) is 14.0. The third-order valence-electron chi connectivity index (χ3n) is 10.9. The summed E-state index contributed by atoms with van der Waals surface area (Å²) in [5.41, 5.74) is 1.89. The molecule has 4 aliphatic rings. The van der Waals surface area contributed by atoms with Crippen LogP contribution in [-0.2, 0) is 9.53 Å². The molecule has 34 heavy (non-hydrogen) atoms. The van der Waals surface area contributed by atoms with E-state index in [9.17, 15) is 15.2 Å². The van der Waals surface area contributed by atoms with Gasteiger partial charge in [0.15, 0.2) is 0 Å². The number of carbonyl (C=O) groups excluding carboxylic acids is 1. The molecular formula is C29H48NO4-. The summed E-state index contributed by atoms with van der Waals surface area (Å²) in [5.74, 6) is 3.68. The highest BCUT2D eigenvalue weighted by Gasteiger charge is 2.60. The molecule has 0 saturated heterocycles. The minimum atomic E-state index is -0.264. The molecule has 8 atom stereocenters. The Morgan fingerprint density at radius 2 is 1.82 bits per heavy atom. The van der Waals surface area contributed by atoms with Gasteiger partial charge in [0.05, 0.1) is 0 Å². The molecule has 0 bridgehead atoms. The summed E-state index contributed by atoms with van der Waals surface area (Å²) in [7, 11) is 0. The van der Waals surface area contributed by atoms with Crippen LogP contribution in [0.3, 0.4) is 0 Å². The lowest BCUT2D eigenvalue weighted by Crippen LogP contribution is -2.52. The highest BCUT2D eigenvalue weighted by atomic mass is 16.8. The quantitative estimate of drug-likeness (QED) is 0.306. The average Bonchev–Trinajstić information content (AvgIpc) is 3.10. The summed E-state index contributed by atoms with van der Waals surface area (Å²) in [6.45, 7) is 13.5. The van der Waals surface area contributed by atoms with Crippen LogP contribution in [0, 0.1) is 51.5 Å². The zero-order valence-electron chi connectivity index (χ0n) is 22.4. The number of fused-ring (bicyclic) bond motifs is 5. The number of allylic oxidation sites excluding steroid dienone is 1. The minimum absolute atomic E-state index is 0.0808. The minimum Gasteiger partial charge on any atom is -0.734 e. The Morgan fingerprint density at radius 1 is 1.09 bits per heavy atom. The largest absolute Gasteiger partial charge is 0.734 e. The van der Waals surface area contributed by atoms with Gasteiger partial charge in [-0.2, -0.15) is 0 Å². The van der Waals surface area contributed by atoms with Crippen LogP contribution < -0.4 is 0 Å². The van der Waals surface area contributed by atoms with Gasteiger partial charge >= 0.3 is 5.97 Å². The molecule has 3 fully saturated rings. The van der Waals surface area contributed by atoms with Crippen molar-refractivity contribution >= 4 is 5.97 Å². The second-order valence-electron chi connectivity index (χ2n) is 13.2. The Hall–Kier alpha value is -1.07. The Morgan fingerprint density at radius 3 is 2.47 bits per heavy atom. The van der Waals surface area contributed by atoms with E-state index in [0.29, 0.717) is 41.7 Å². The van der Waals surface area contributed by atoms with Gasteiger partial charge in [-0.15, -0.1) is 0 Å². The molecule has 0 aromatic rings. The van der Waals surface area contributed by atoms with Gasteiger partial charge in [-0.05, 0) is 96.9 Å². The Labute approximate surface area is 207 Å². The first-order chi connectivity index (χ1) is 16.0. The molecule has 194 valence electrons. The SMILES string of the molecule is CC(=O)O[C@H]1CC[C@@]2(C)C(=C(N([O-])O)C[C@H]3[C@H]2CC[C@]2(C)[C@@H]([C@@H](C)CCCC(C)C)CC[C@@H]32)C1. The van der Waals surface area contributed by atoms with Gasteiger partial charge < -0.3 is 15.2 Å². The van der Waals surface area contributed by atoms with Crippen LogP contribution in [0.4, 0.5) is 0 Å². The molecule has 4 rings (SSSR count). The van der Waals surface area contributed by atoms with Gasteiger partial charge in [0.25, 0.3) is 0 Å². The second-order valence-corrected chi connectivity index (χ2v) is 13.2. The van der Waals surface area contributed by atoms with Gasteiger partial charge in [0.2, 0.25) is 0 Å². The third-order valence-corrected chi connectivity index (χ3v) is 10.9. The summed E-state index contributed by atoms with van der Waals surface area (Å²) in [6, 6.07) is 0. The molecule has 1 N–H and O–H groups in total. The molecule has 0 spiro atoms. The molecule has 0 amide bonds. The number of rotatable bonds is 7. The summed E-state index contributed by atoms with van der Waals surface area (Å²) in [6.07, 6.45) is 11.9. The normalized spacial score (nSPS) is 40.4. The van der Waals surface area contributed by atoms with E-state index in [1.165, 1.54) is 51.9 Å². The number of carbonyl (C=O) groups is 1.